The van der Waals surface area contributed by atoms with Crippen LogP contribution in [-0.2, 0) is 51.9 Å². The minimum absolute atomic E-state index is 0.413. The number of hydrogen-bond acceptors (Lipinski definition) is 8. The van der Waals surface area contributed by atoms with Crippen LogP contribution >= 0.6 is 0 Å². The maximum absolute atomic E-state index is 6.81. The summed E-state index contributed by atoms with van der Waals surface area (Å²) < 4.78 is 27.2. The van der Waals surface area contributed by atoms with Crippen molar-refractivity contribution in [2.24, 2.45) is 22.9 Å². The molecular formula is C48H68N4O4. The van der Waals surface area contributed by atoms with Gasteiger partial charge in [-0.25, -0.2) is 0 Å². The third-order valence-electron chi connectivity index (χ3n) is 10.7. The van der Waals surface area contributed by atoms with Crippen LogP contribution < -0.4 is 41.9 Å². The summed E-state index contributed by atoms with van der Waals surface area (Å²) in [5.74, 6) is 3.63. The van der Waals surface area contributed by atoms with Crippen molar-refractivity contribution in [3.8, 4) is 23.0 Å². The van der Waals surface area contributed by atoms with Crippen molar-refractivity contribution in [1.82, 2.24) is 0 Å². The van der Waals surface area contributed by atoms with Crippen LogP contribution in [-0.4, -0.2) is 26.4 Å². The van der Waals surface area contributed by atoms with Gasteiger partial charge in [0.15, 0.2) is 0 Å². The van der Waals surface area contributed by atoms with Gasteiger partial charge in [0.05, 0.1) is 26.4 Å². The molecule has 0 heterocycles. The molecule has 56 heavy (non-hydrogen) atoms. The summed E-state index contributed by atoms with van der Waals surface area (Å²) in [5, 5.41) is 0. The van der Waals surface area contributed by atoms with Gasteiger partial charge in [0.1, 0.15) is 23.0 Å². The minimum atomic E-state index is 0.413. The number of fused-ring (bicyclic) bond motifs is 8. The second-order valence-corrected chi connectivity index (χ2v) is 15.3. The quantitative estimate of drug-likeness (QED) is 0.0576. The van der Waals surface area contributed by atoms with Gasteiger partial charge < -0.3 is 41.9 Å². The van der Waals surface area contributed by atoms with E-state index in [9.17, 15) is 0 Å². The Morgan fingerprint density at radius 1 is 0.339 bits per heavy atom. The van der Waals surface area contributed by atoms with Crippen LogP contribution in [0.25, 0.3) is 0 Å². The molecule has 4 aromatic rings. The molecule has 304 valence electrons. The van der Waals surface area contributed by atoms with E-state index in [1.165, 1.54) is 0 Å². The fourth-order valence-corrected chi connectivity index (χ4v) is 7.66. The number of hydrogen-bond donors (Lipinski definition) is 4. The molecule has 1 aliphatic carbocycles. The molecule has 0 fully saturated rings. The SMILES string of the molecule is CCCCOc1c2cc(CN)cc1Cc1cc(CN)cc(c1OCCCC)Cc1cc(CN)cc(c1OCCCC)Cc1cc(CN)cc(c1OCCCC)C2. The van der Waals surface area contributed by atoms with Gasteiger partial charge in [-0.1, -0.05) is 102 Å². The Balaban J connectivity index is 1.87. The van der Waals surface area contributed by atoms with Crippen LogP contribution in [0.2, 0.25) is 0 Å². The molecule has 8 nitrogen and oxygen atoms in total. The molecule has 0 atom stereocenters. The van der Waals surface area contributed by atoms with Crippen molar-refractivity contribution < 1.29 is 18.9 Å². The van der Waals surface area contributed by atoms with Crippen molar-refractivity contribution in [1.29, 1.82) is 0 Å². The molecule has 8 N–H and O–H groups in total. The summed E-state index contributed by atoms with van der Waals surface area (Å²) >= 11 is 0. The lowest BCUT2D eigenvalue weighted by atomic mass is 9.88. The molecule has 0 saturated heterocycles. The third kappa shape index (κ3) is 11.1. The van der Waals surface area contributed by atoms with Gasteiger partial charge in [-0.05, 0) is 92.4 Å². The highest BCUT2D eigenvalue weighted by Gasteiger charge is 2.24. The van der Waals surface area contributed by atoms with Crippen LogP contribution in [0.1, 0.15) is 146 Å². The lowest BCUT2D eigenvalue weighted by molar-refractivity contribution is 0.297. The lowest BCUT2D eigenvalue weighted by Crippen LogP contribution is -2.13. The first-order valence-electron chi connectivity index (χ1n) is 21.3. The van der Waals surface area contributed by atoms with Gasteiger partial charge >= 0.3 is 0 Å². The molecule has 1 aliphatic rings. The molecule has 5 rings (SSSR count). The monoisotopic (exact) mass is 765 g/mol. The molecule has 0 spiro atoms. The molecule has 0 aliphatic heterocycles. The molecule has 8 heteroatoms. The van der Waals surface area contributed by atoms with E-state index in [1.54, 1.807) is 0 Å². The maximum Gasteiger partial charge on any atom is 0.126 e. The summed E-state index contributed by atoms with van der Waals surface area (Å²) in [6, 6.07) is 17.7. The Bertz CT molecular complexity index is 1510. The molecule has 8 bridgehead atoms. The predicted octanol–water partition coefficient (Wildman–Crippen LogP) is 8.91. The Kier molecular flexibility index (Phi) is 16.9. The molecule has 4 aromatic carbocycles. The van der Waals surface area contributed by atoms with Crippen molar-refractivity contribution in [2.45, 2.75) is 131 Å². The first-order chi connectivity index (χ1) is 27.4. The molecule has 0 radical (unpaired) electrons. The predicted molar refractivity (Wildman–Crippen MR) is 230 cm³/mol. The van der Waals surface area contributed by atoms with Gasteiger partial charge in [0.25, 0.3) is 0 Å². The Hall–Kier alpha value is -4.08. The molecule has 0 aromatic heterocycles. The maximum atomic E-state index is 6.81. The summed E-state index contributed by atoms with van der Waals surface area (Å²) in [7, 11) is 0. The van der Waals surface area contributed by atoms with E-state index in [0.717, 1.165) is 141 Å². The van der Waals surface area contributed by atoms with E-state index in [-0.39, 0.29) is 0 Å². The number of ether oxygens (including phenoxy) is 4. The van der Waals surface area contributed by atoms with E-state index >= 15 is 0 Å². The zero-order valence-corrected chi connectivity index (χ0v) is 34.7. The van der Waals surface area contributed by atoms with E-state index < -0.39 is 0 Å². The Labute approximate surface area is 336 Å². The largest absolute Gasteiger partial charge is 0.493 e. The fourth-order valence-electron chi connectivity index (χ4n) is 7.66. The summed E-state index contributed by atoms with van der Waals surface area (Å²) in [4.78, 5) is 0. The average Bonchev–Trinajstić information content (AvgIpc) is 3.20. The first kappa shape index (κ1) is 43.1. The smallest absolute Gasteiger partial charge is 0.126 e. The zero-order valence-electron chi connectivity index (χ0n) is 34.7. The van der Waals surface area contributed by atoms with Crippen LogP contribution in [0.5, 0.6) is 23.0 Å². The molecule has 0 unspecified atom stereocenters. The standard InChI is InChI=1S/C48H68N4O4/c1-5-9-13-53-45-37-17-33(29-49)18-38(45)26-40-20-35(31-51)22-42(47(40)55-15-11-7-3)28-44-24-36(32-52)23-43(48(44)56-16-12-8-4)27-41-21-34(30-50)19-39(25-37)46(41)54-14-10-6-2/h17-24H,5-16,25-32,49-52H2,1-4H3. The van der Waals surface area contributed by atoms with Crippen molar-refractivity contribution in [3.05, 3.63) is 115 Å². The summed E-state index contributed by atoms with van der Waals surface area (Å²) in [6.45, 7) is 12.9. The zero-order chi connectivity index (χ0) is 39.9. The fraction of sp³-hybridized carbons (Fsp3) is 0.500. The highest BCUT2D eigenvalue weighted by atomic mass is 16.5. The van der Waals surface area contributed by atoms with Gasteiger partial charge in [-0.3, -0.25) is 0 Å². The van der Waals surface area contributed by atoms with E-state index in [1.807, 2.05) is 0 Å². The number of unbranched alkanes of at least 4 members (excludes halogenated alkanes) is 4. The highest BCUT2D eigenvalue weighted by molar-refractivity contribution is 5.58. The van der Waals surface area contributed by atoms with Gasteiger partial charge in [0, 0.05) is 51.9 Å². The molecule has 0 saturated carbocycles. The Morgan fingerprint density at radius 2 is 0.518 bits per heavy atom. The Morgan fingerprint density at radius 3 is 0.661 bits per heavy atom. The first-order valence-corrected chi connectivity index (χ1v) is 21.3. The van der Waals surface area contributed by atoms with Crippen molar-refractivity contribution in [2.75, 3.05) is 26.4 Å². The van der Waals surface area contributed by atoms with Crippen LogP contribution in [0.4, 0.5) is 0 Å². The van der Waals surface area contributed by atoms with E-state index in [2.05, 4.69) is 76.2 Å². The topological polar surface area (TPSA) is 141 Å². The molecule has 0 amide bonds. The normalized spacial score (nSPS) is 12.4. The van der Waals surface area contributed by atoms with E-state index in [4.69, 9.17) is 41.9 Å². The molecular weight excluding hydrogens is 697 g/mol. The highest BCUT2D eigenvalue weighted by Crippen LogP contribution is 2.41. The summed E-state index contributed by atoms with van der Waals surface area (Å²) in [5.41, 5.74) is 38.7. The van der Waals surface area contributed by atoms with E-state index in [0.29, 0.717) is 78.3 Å². The number of nitrogens with two attached hydrogens (primary N) is 4. The van der Waals surface area contributed by atoms with Crippen molar-refractivity contribution >= 4 is 0 Å². The van der Waals surface area contributed by atoms with Gasteiger partial charge in [0.2, 0.25) is 0 Å². The second-order valence-electron chi connectivity index (χ2n) is 15.3. The third-order valence-corrected chi connectivity index (χ3v) is 10.7. The second kappa shape index (κ2) is 22.0. The van der Waals surface area contributed by atoms with Crippen LogP contribution in [0.15, 0.2) is 48.5 Å². The number of benzene rings is 4. The lowest BCUT2D eigenvalue weighted by Gasteiger charge is -2.25. The van der Waals surface area contributed by atoms with Crippen molar-refractivity contribution in [3.63, 3.8) is 0 Å². The van der Waals surface area contributed by atoms with Gasteiger partial charge in [-0.2, -0.15) is 0 Å². The minimum Gasteiger partial charge on any atom is -0.493 e. The van der Waals surface area contributed by atoms with Crippen LogP contribution in [0.3, 0.4) is 0 Å². The van der Waals surface area contributed by atoms with Crippen LogP contribution in [0, 0.1) is 0 Å². The summed E-state index contributed by atoms with van der Waals surface area (Å²) in [6.07, 6.45) is 10.4. The number of rotatable bonds is 20. The van der Waals surface area contributed by atoms with Gasteiger partial charge in [-0.15, -0.1) is 0 Å². The average molecular weight is 765 g/mol.